The van der Waals surface area contributed by atoms with Crippen molar-refractivity contribution in [1.82, 2.24) is 10.3 Å². The third-order valence-electron chi connectivity index (χ3n) is 3.08. The summed E-state index contributed by atoms with van der Waals surface area (Å²) in [4.78, 5) is 7.05. The molecule has 0 radical (unpaired) electrons. The van der Waals surface area contributed by atoms with Crippen LogP contribution < -0.4 is 10.2 Å². The Morgan fingerprint density at radius 1 is 1.28 bits per heavy atom. The molecule has 3 heteroatoms. The number of rotatable bonds is 7. The van der Waals surface area contributed by atoms with Gasteiger partial charge in [0.15, 0.2) is 0 Å². The zero-order valence-electron chi connectivity index (χ0n) is 12.5. The van der Waals surface area contributed by atoms with Crippen LogP contribution in [0.1, 0.15) is 45.4 Å². The van der Waals surface area contributed by atoms with Crippen LogP contribution >= 0.6 is 0 Å². The van der Waals surface area contributed by atoms with Gasteiger partial charge in [-0.15, -0.1) is 0 Å². The highest BCUT2D eigenvalue weighted by molar-refractivity contribution is 5.41. The number of aromatic nitrogens is 1. The Hall–Kier alpha value is -1.09. The average molecular weight is 249 g/mol. The minimum atomic E-state index is 0.510. The summed E-state index contributed by atoms with van der Waals surface area (Å²) in [5.74, 6) is 1.10. The van der Waals surface area contributed by atoms with Crippen molar-refractivity contribution in [2.24, 2.45) is 0 Å². The monoisotopic (exact) mass is 249 g/mol. The van der Waals surface area contributed by atoms with Crippen molar-refractivity contribution in [1.29, 1.82) is 0 Å². The van der Waals surface area contributed by atoms with Crippen molar-refractivity contribution in [3.63, 3.8) is 0 Å². The molecule has 1 aromatic heterocycles. The third kappa shape index (κ3) is 4.30. The van der Waals surface area contributed by atoms with Gasteiger partial charge in [-0.2, -0.15) is 0 Å². The van der Waals surface area contributed by atoms with E-state index in [4.69, 9.17) is 4.98 Å². The van der Waals surface area contributed by atoms with E-state index in [9.17, 15) is 0 Å². The topological polar surface area (TPSA) is 28.2 Å². The molecule has 3 nitrogen and oxygen atoms in total. The molecule has 102 valence electrons. The lowest BCUT2D eigenvalue weighted by Gasteiger charge is -2.22. The van der Waals surface area contributed by atoms with Gasteiger partial charge in [0.1, 0.15) is 5.82 Å². The molecule has 0 aromatic carbocycles. The first-order valence-corrected chi connectivity index (χ1v) is 7.03. The zero-order valence-corrected chi connectivity index (χ0v) is 12.5. The van der Waals surface area contributed by atoms with Crippen LogP contribution in [0.4, 0.5) is 5.82 Å². The average Bonchev–Trinajstić information content (AvgIpc) is 2.34. The van der Waals surface area contributed by atoms with E-state index in [2.05, 4.69) is 57.0 Å². The lowest BCUT2D eigenvalue weighted by molar-refractivity contribution is 0.586. The SMILES string of the molecule is CCCN(CC)c1ccc(CNC(C)C)c(C)n1. The van der Waals surface area contributed by atoms with Crippen LogP contribution in [0.5, 0.6) is 0 Å². The molecular formula is C15H27N3. The molecule has 0 bridgehead atoms. The van der Waals surface area contributed by atoms with E-state index in [0.717, 1.165) is 37.6 Å². The number of hydrogen-bond acceptors (Lipinski definition) is 3. The van der Waals surface area contributed by atoms with Crippen molar-refractivity contribution >= 4 is 5.82 Å². The fourth-order valence-electron chi connectivity index (χ4n) is 1.96. The normalized spacial score (nSPS) is 11.0. The van der Waals surface area contributed by atoms with E-state index in [1.807, 2.05) is 0 Å². The highest BCUT2D eigenvalue weighted by atomic mass is 15.2. The van der Waals surface area contributed by atoms with Gasteiger partial charge in [0.05, 0.1) is 0 Å². The standard InChI is InChI=1S/C15H27N3/c1-6-10-18(7-2)15-9-8-14(13(5)17-15)11-16-12(3)4/h8-9,12,16H,6-7,10-11H2,1-5H3. The molecule has 1 rings (SSSR count). The Balaban J connectivity index is 2.77. The molecule has 0 saturated heterocycles. The second-order valence-electron chi connectivity index (χ2n) is 5.03. The third-order valence-corrected chi connectivity index (χ3v) is 3.08. The van der Waals surface area contributed by atoms with Gasteiger partial charge in [-0.1, -0.05) is 26.8 Å². The molecule has 1 N–H and O–H groups in total. The Morgan fingerprint density at radius 3 is 2.50 bits per heavy atom. The minimum Gasteiger partial charge on any atom is -0.357 e. The molecule has 0 aliphatic rings. The number of hydrogen-bond donors (Lipinski definition) is 1. The predicted octanol–water partition coefficient (Wildman–Crippen LogP) is 3.12. The summed E-state index contributed by atoms with van der Waals surface area (Å²) in [6.45, 7) is 13.8. The van der Waals surface area contributed by atoms with Crippen molar-refractivity contribution < 1.29 is 0 Å². The van der Waals surface area contributed by atoms with Gasteiger partial charge < -0.3 is 10.2 Å². The summed E-state index contributed by atoms with van der Waals surface area (Å²) in [7, 11) is 0. The summed E-state index contributed by atoms with van der Waals surface area (Å²) < 4.78 is 0. The first kappa shape index (κ1) is 15.0. The molecule has 0 fully saturated rings. The second kappa shape index (κ2) is 7.37. The molecule has 0 saturated carbocycles. The van der Waals surface area contributed by atoms with E-state index in [1.165, 1.54) is 5.56 Å². The van der Waals surface area contributed by atoms with E-state index in [-0.39, 0.29) is 0 Å². The van der Waals surface area contributed by atoms with Gasteiger partial charge >= 0.3 is 0 Å². The molecule has 18 heavy (non-hydrogen) atoms. The molecule has 0 atom stereocenters. The number of pyridine rings is 1. The van der Waals surface area contributed by atoms with Crippen molar-refractivity contribution in [2.45, 2.75) is 53.6 Å². The molecule has 0 unspecified atom stereocenters. The summed E-state index contributed by atoms with van der Waals surface area (Å²) in [5.41, 5.74) is 2.43. The summed E-state index contributed by atoms with van der Waals surface area (Å²) >= 11 is 0. The van der Waals surface area contributed by atoms with Gasteiger partial charge in [0, 0.05) is 31.4 Å². The maximum atomic E-state index is 4.73. The van der Waals surface area contributed by atoms with Gasteiger partial charge in [0.2, 0.25) is 0 Å². The van der Waals surface area contributed by atoms with Crippen molar-refractivity contribution in [3.8, 4) is 0 Å². The minimum absolute atomic E-state index is 0.510. The highest BCUT2D eigenvalue weighted by Gasteiger charge is 2.07. The van der Waals surface area contributed by atoms with E-state index in [1.54, 1.807) is 0 Å². The van der Waals surface area contributed by atoms with Crippen LogP contribution in [-0.4, -0.2) is 24.1 Å². The molecule has 1 aromatic rings. The Kier molecular flexibility index (Phi) is 6.13. The van der Waals surface area contributed by atoms with Gasteiger partial charge in [-0.25, -0.2) is 4.98 Å². The number of aryl methyl sites for hydroxylation is 1. The second-order valence-corrected chi connectivity index (χ2v) is 5.03. The van der Waals surface area contributed by atoms with Crippen LogP contribution in [0.2, 0.25) is 0 Å². The first-order valence-electron chi connectivity index (χ1n) is 7.03. The fraction of sp³-hybridized carbons (Fsp3) is 0.667. The number of anilines is 1. The molecule has 0 aliphatic carbocycles. The van der Waals surface area contributed by atoms with Crippen LogP contribution in [0.25, 0.3) is 0 Å². The Bertz CT molecular complexity index is 361. The lowest BCUT2D eigenvalue weighted by atomic mass is 10.2. The van der Waals surface area contributed by atoms with Crippen molar-refractivity contribution in [2.75, 3.05) is 18.0 Å². The maximum absolute atomic E-state index is 4.73. The molecule has 0 amide bonds. The summed E-state index contributed by atoms with van der Waals surface area (Å²) in [6.07, 6.45) is 1.16. The highest BCUT2D eigenvalue weighted by Crippen LogP contribution is 2.15. The van der Waals surface area contributed by atoms with Gasteiger partial charge in [0.25, 0.3) is 0 Å². The van der Waals surface area contributed by atoms with Crippen LogP contribution in [-0.2, 0) is 6.54 Å². The zero-order chi connectivity index (χ0) is 13.5. The molecule has 1 heterocycles. The lowest BCUT2D eigenvalue weighted by Crippen LogP contribution is -2.25. The van der Waals surface area contributed by atoms with Gasteiger partial charge in [-0.05, 0) is 31.9 Å². The predicted molar refractivity (Wildman–Crippen MR) is 79.1 cm³/mol. The smallest absolute Gasteiger partial charge is 0.128 e. The summed E-state index contributed by atoms with van der Waals surface area (Å²) in [5, 5.41) is 3.44. The van der Waals surface area contributed by atoms with Crippen LogP contribution in [0.3, 0.4) is 0 Å². The van der Waals surface area contributed by atoms with Crippen LogP contribution in [0.15, 0.2) is 12.1 Å². The van der Waals surface area contributed by atoms with Crippen LogP contribution in [0, 0.1) is 6.92 Å². The molecule has 0 spiro atoms. The fourth-order valence-corrected chi connectivity index (χ4v) is 1.96. The van der Waals surface area contributed by atoms with Gasteiger partial charge in [-0.3, -0.25) is 0 Å². The summed E-state index contributed by atoms with van der Waals surface area (Å²) in [6, 6.07) is 4.85. The first-order chi connectivity index (χ1) is 8.58. The Morgan fingerprint density at radius 2 is 2.00 bits per heavy atom. The quantitative estimate of drug-likeness (QED) is 0.804. The molecule has 0 aliphatic heterocycles. The number of nitrogens with zero attached hydrogens (tertiary/aromatic N) is 2. The Labute approximate surface area is 112 Å². The van der Waals surface area contributed by atoms with Crippen molar-refractivity contribution in [3.05, 3.63) is 23.4 Å². The maximum Gasteiger partial charge on any atom is 0.128 e. The van der Waals surface area contributed by atoms with E-state index in [0.29, 0.717) is 6.04 Å². The molecular weight excluding hydrogens is 222 g/mol. The van der Waals surface area contributed by atoms with E-state index < -0.39 is 0 Å². The number of nitrogens with one attached hydrogen (secondary N) is 1. The largest absolute Gasteiger partial charge is 0.357 e. The van der Waals surface area contributed by atoms with E-state index >= 15 is 0 Å².